The van der Waals surface area contributed by atoms with E-state index in [9.17, 15) is 9.59 Å². The van der Waals surface area contributed by atoms with Crippen LogP contribution in [0.5, 0.6) is 5.75 Å². The molecule has 0 saturated carbocycles. The molecule has 2 heterocycles. The van der Waals surface area contributed by atoms with Gasteiger partial charge in [-0.2, -0.15) is 10.1 Å². The van der Waals surface area contributed by atoms with E-state index in [4.69, 9.17) is 4.74 Å². The Morgan fingerprint density at radius 2 is 2.15 bits per heavy atom. The molecule has 1 aliphatic rings. The van der Waals surface area contributed by atoms with Crippen LogP contribution in [0.3, 0.4) is 0 Å². The van der Waals surface area contributed by atoms with Crippen molar-refractivity contribution in [3.8, 4) is 5.75 Å². The van der Waals surface area contributed by atoms with E-state index in [1.54, 1.807) is 7.11 Å². The fourth-order valence-corrected chi connectivity index (χ4v) is 3.31. The molecule has 138 valence electrons. The SMILES string of the molecule is CCCCN1C(=O)C[C@@H](C(=O)Nc2ncn[nH]2)[C@H]1c1ccc(OC)cc1. The maximum Gasteiger partial charge on any atom is 0.232 e. The minimum Gasteiger partial charge on any atom is -0.497 e. The van der Waals surface area contributed by atoms with Crippen molar-refractivity contribution in [1.82, 2.24) is 20.1 Å². The van der Waals surface area contributed by atoms with Crippen molar-refractivity contribution in [2.24, 2.45) is 5.92 Å². The van der Waals surface area contributed by atoms with Gasteiger partial charge in [0.05, 0.1) is 19.1 Å². The fraction of sp³-hybridized carbons (Fsp3) is 0.444. The Balaban J connectivity index is 1.87. The number of likely N-dealkylation sites (tertiary alicyclic amines) is 1. The van der Waals surface area contributed by atoms with Crippen molar-refractivity contribution in [2.45, 2.75) is 32.2 Å². The number of unbranched alkanes of at least 4 members (excludes halogenated alkanes) is 1. The summed E-state index contributed by atoms with van der Waals surface area (Å²) >= 11 is 0. The van der Waals surface area contributed by atoms with E-state index in [2.05, 4.69) is 27.4 Å². The zero-order valence-corrected chi connectivity index (χ0v) is 14.9. The molecule has 3 rings (SSSR count). The molecule has 1 saturated heterocycles. The second-order valence-corrected chi connectivity index (χ2v) is 6.29. The van der Waals surface area contributed by atoms with E-state index in [0.29, 0.717) is 6.54 Å². The molecule has 8 heteroatoms. The van der Waals surface area contributed by atoms with Crippen LogP contribution in [0.2, 0.25) is 0 Å². The molecule has 1 fully saturated rings. The lowest BCUT2D eigenvalue weighted by molar-refractivity contribution is -0.129. The number of methoxy groups -OCH3 is 1. The topological polar surface area (TPSA) is 100 Å². The van der Waals surface area contributed by atoms with Gasteiger partial charge in [0.25, 0.3) is 0 Å². The Hall–Kier alpha value is -2.90. The second-order valence-electron chi connectivity index (χ2n) is 6.29. The quantitative estimate of drug-likeness (QED) is 0.791. The number of hydrogen-bond donors (Lipinski definition) is 2. The fourth-order valence-electron chi connectivity index (χ4n) is 3.31. The van der Waals surface area contributed by atoms with E-state index < -0.39 is 5.92 Å². The number of rotatable bonds is 7. The number of anilines is 1. The Labute approximate surface area is 151 Å². The molecule has 0 bridgehead atoms. The van der Waals surface area contributed by atoms with Crippen molar-refractivity contribution < 1.29 is 14.3 Å². The number of carbonyl (C=O) groups excluding carboxylic acids is 2. The van der Waals surface area contributed by atoms with Crippen LogP contribution in [-0.2, 0) is 9.59 Å². The maximum atomic E-state index is 12.8. The Bertz CT molecular complexity index is 745. The minimum atomic E-state index is -0.488. The van der Waals surface area contributed by atoms with Gasteiger partial charge in [-0.05, 0) is 24.1 Å². The van der Waals surface area contributed by atoms with E-state index in [1.165, 1.54) is 6.33 Å². The van der Waals surface area contributed by atoms with Gasteiger partial charge >= 0.3 is 0 Å². The molecule has 2 aromatic rings. The van der Waals surface area contributed by atoms with Crippen molar-refractivity contribution >= 4 is 17.8 Å². The van der Waals surface area contributed by atoms with Gasteiger partial charge in [0.15, 0.2) is 0 Å². The summed E-state index contributed by atoms with van der Waals surface area (Å²) in [5.74, 6) is 0.286. The van der Waals surface area contributed by atoms with Crippen molar-refractivity contribution in [2.75, 3.05) is 19.0 Å². The summed E-state index contributed by atoms with van der Waals surface area (Å²) in [4.78, 5) is 31.1. The summed E-state index contributed by atoms with van der Waals surface area (Å²) in [6, 6.07) is 7.22. The third kappa shape index (κ3) is 3.68. The molecule has 8 nitrogen and oxygen atoms in total. The van der Waals surface area contributed by atoms with Crippen LogP contribution in [0.15, 0.2) is 30.6 Å². The highest BCUT2D eigenvalue weighted by Gasteiger charge is 2.44. The van der Waals surface area contributed by atoms with Crippen LogP contribution >= 0.6 is 0 Å². The van der Waals surface area contributed by atoms with Crippen molar-refractivity contribution in [1.29, 1.82) is 0 Å². The Kier molecular flexibility index (Phi) is 5.50. The van der Waals surface area contributed by atoms with E-state index in [0.717, 1.165) is 24.2 Å². The molecule has 26 heavy (non-hydrogen) atoms. The molecule has 1 aromatic heterocycles. The summed E-state index contributed by atoms with van der Waals surface area (Å²) in [5, 5.41) is 9.05. The number of carbonyl (C=O) groups is 2. The Morgan fingerprint density at radius 3 is 2.77 bits per heavy atom. The van der Waals surface area contributed by atoms with Gasteiger partial charge < -0.3 is 9.64 Å². The van der Waals surface area contributed by atoms with Crippen molar-refractivity contribution in [3.05, 3.63) is 36.2 Å². The molecular formula is C18H23N5O3. The van der Waals surface area contributed by atoms with Gasteiger partial charge in [-0.25, -0.2) is 5.10 Å². The Morgan fingerprint density at radius 1 is 1.38 bits per heavy atom. The number of aromatic nitrogens is 3. The number of H-pyrrole nitrogens is 1. The average molecular weight is 357 g/mol. The van der Waals surface area contributed by atoms with E-state index >= 15 is 0 Å². The smallest absolute Gasteiger partial charge is 0.232 e. The van der Waals surface area contributed by atoms with Crippen LogP contribution in [0.1, 0.15) is 37.8 Å². The number of ether oxygens (including phenoxy) is 1. The third-order valence-electron chi connectivity index (χ3n) is 4.64. The number of hydrogen-bond acceptors (Lipinski definition) is 5. The van der Waals surface area contributed by atoms with Gasteiger partial charge in [-0.3, -0.25) is 14.9 Å². The molecule has 2 N–H and O–H groups in total. The van der Waals surface area contributed by atoms with Crippen LogP contribution in [-0.4, -0.2) is 45.6 Å². The number of nitrogens with one attached hydrogen (secondary N) is 2. The first-order valence-electron chi connectivity index (χ1n) is 8.73. The summed E-state index contributed by atoms with van der Waals surface area (Å²) in [5.41, 5.74) is 0.922. The number of aromatic amines is 1. The highest BCUT2D eigenvalue weighted by Crippen LogP contribution is 2.39. The molecule has 1 aromatic carbocycles. The monoisotopic (exact) mass is 357 g/mol. The van der Waals surface area contributed by atoms with Gasteiger partial charge in [0.2, 0.25) is 17.8 Å². The predicted molar refractivity (Wildman–Crippen MR) is 95.5 cm³/mol. The van der Waals surface area contributed by atoms with Gasteiger partial charge in [-0.1, -0.05) is 25.5 Å². The first-order valence-corrected chi connectivity index (χ1v) is 8.73. The largest absolute Gasteiger partial charge is 0.497 e. The molecule has 0 unspecified atom stereocenters. The summed E-state index contributed by atoms with van der Waals surface area (Å²) in [6.07, 6.45) is 3.38. The number of benzene rings is 1. The highest BCUT2D eigenvalue weighted by atomic mass is 16.5. The number of nitrogens with zero attached hydrogens (tertiary/aromatic N) is 3. The first-order chi connectivity index (χ1) is 12.6. The lowest BCUT2D eigenvalue weighted by atomic mass is 9.92. The molecule has 0 radical (unpaired) electrons. The van der Waals surface area contributed by atoms with Gasteiger partial charge in [0.1, 0.15) is 12.1 Å². The van der Waals surface area contributed by atoms with Gasteiger partial charge in [-0.15, -0.1) is 0 Å². The zero-order chi connectivity index (χ0) is 18.5. The number of amides is 2. The van der Waals surface area contributed by atoms with Crippen LogP contribution in [0, 0.1) is 5.92 Å². The lowest BCUT2D eigenvalue weighted by Crippen LogP contribution is -2.33. The van der Waals surface area contributed by atoms with Crippen molar-refractivity contribution in [3.63, 3.8) is 0 Å². The van der Waals surface area contributed by atoms with Crippen LogP contribution in [0.4, 0.5) is 5.95 Å². The second kappa shape index (κ2) is 7.99. The normalized spacial score (nSPS) is 19.6. The summed E-state index contributed by atoms with van der Waals surface area (Å²) < 4.78 is 5.21. The lowest BCUT2D eigenvalue weighted by Gasteiger charge is -2.28. The molecule has 2 atom stereocenters. The maximum absolute atomic E-state index is 12.8. The molecule has 0 aliphatic carbocycles. The third-order valence-corrected chi connectivity index (χ3v) is 4.64. The molecular weight excluding hydrogens is 334 g/mol. The van der Waals surface area contributed by atoms with E-state index in [1.807, 2.05) is 29.2 Å². The average Bonchev–Trinajstić information content (AvgIpc) is 3.27. The molecule has 2 amide bonds. The molecule has 1 aliphatic heterocycles. The first kappa shape index (κ1) is 17.9. The highest BCUT2D eigenvalue weighted by molar-refractivity contribution is 5.97. The van der Waals surface area contributed by atoms with E-state index in [-0.39, 0.29) is 30.2 Å². The van der Waals surface area contributed by atoms with Crippen LogP contribution < -0.4 is 10.1 Å². The molecule has 0 spiro atoms. The zero-order valence-electron chi connectivity index (χ0n) is 14.9. The predicted octanol–water partition coefficient (Wildman–Crippen LogP) is 2.14. The standard InChI is InChI=1S/C18H23N5O3/c1-3-4-9-23-15(24)10-14(17(25)21-18-19-11-20-22-18)16(23)12-5-7-13(26-2)8-6-12/h5-8,11,14,16H,3-4,9-10H2,1-2H3,(H2,19,20,21,22,25)/t14-,16-/m1/s1. The summed E-state index contributed by atoms with van der Waals surface area (Å²) in [7, 11) is 1.61. The van der Waals surface area contributed by atoms with Gasteiger partial charge in [0, 0.05) is 13.0 Å². The van der Waals surface area contributed by atoms with Crippen LogP contribution in [0.25, 0.3) is 0 Å². The minimum absolute atomic E-state index is 0.00279. The summed E-state index contributed by atoms with van der Waals surface area (Å²) in [6.45, 7) is 2.72.